The quantitative estimate of drug-likeness (QED) is 0.802. The SMILES string of the molecule is O=C(NCC(F)(F)F)OCCC1CCCNC1. The smallest absolute Gasteiger partial charge is 0.407 e. The second-order valence-electron chi connectivity index (χ2n) is 4.11. The van der Waals surface area contributed by atoms with Crippen LogP contribution in [0, 0.1) is 5.92 Å². The topological polar surface area (TPSA) is 50.4 Å². The summed E-state index contributed by atoms with van der Waals surface area (Å²) in [6.07, 6.45) is -2.56. The molecule has 0 spiro atoms. The molecule has 0 aliphatic carbocycles. The normalized spacial score (nSPS) is 21.0. The summed E-state index contributed by atoms with van der Waals surface area (Å²) in [6.45, 7) is 0.698. The molecule has 7 heteroatoms. The zero-order valence-electron chi connectivity index (χ0n) is 9.48. The van der Waals surface area contributed by atoms with Gasteiger partial charge in [-0.1, -0.05) is 0 Å². The number of amides is 1. The highest BCUT2D eigenvalue weighted by atomic mass is 19.4. The van der Waals surface area contributed by atoms with E-state index in [1.807, 2.05) is 0 Å². The van der Waals surface area contributed by atoms with E-state index >= 15 is 0 Å². The van der Waals surface area contributed by atoms with Gasteiger partial charge in [-0.15, -0.1) is 0 Å². The molecule has 2 N–H and O–H groups in total. The number of halogens is 3. The zero-order chi connectivity index (χ0) is 12.7. The van der Waals surface area contributed by atoms with Crippen LogP contribution in [0.15, 0.2) is 0 Å². The van der Waals surface area contributed by atoms with E-state index in [-0.39, 0.29) is 6.61 Å². The van der Waals surface area contributed by atoms with Gasteiger partial charge in [-0.05, 0) is 38.3 Å². The highest BCUT2D eigenvalue weighted by molar-refractivity contribution is 5.67. The first-order chi connectivity index (χ1) is 7.97. The molecule has 0 radical (unpaired) electrons. The van der Waals surface area contributed by atoms with Gasteiger partial charge in [0, 0.05) is 0 Å². The Hall–Kier alpha value is -0.980. The summed E-state index contributed by atoms with van der Waals surface area (Å²) in [7, 11) is 0. The summed E-state index contributed by atoms with van der Waals surface area (Å²) in [4.78, 5) is 10.9. The third-order valence-corrected chi connectivity index (χ3v) is 2.59. The predicted octanol–water partition coefficient (Wildman–Crippen LogP) is 1.66. The van der Waals surface area contributed by atoms with E-state index in [0.29, 0.717) is 12.3 Å². The molecule has 0 saturated carbocycles. The summed E-state index contributed by atoms with van der Waals surface area (Å²) < 4.78 is 39.9. The number of rotatable bonds is 4. The minimum atomic E-state index is -4.40. The molecule has 1 aliphatic heterocycles. The van der Waals surface area contributed by atoms with Crippen molar-refractivity contribution in [1.82, 2.24) is 10.6 Å². The van der Waals surface area contributed by atoms with Crippen LogP contribution in [0.25, 0.3) is 0 Å². The number of carbonyl (C=O) groups is 1. The maximum Gasteiger partial charge on any atom is 0.407 e. The van der Waals surface area contributed by atoms with Crippen molar-refractivity contribution in [2.45, 2.75) is 25.4 Å². The van der Waals surface area contributed by atoms with Crippen molar-refractivity contribution in [2.24, 2.45) is 5.92 Å². The van der Waals surface area contributed by atoms with E-state index in [9.17, 15) is 18.0 Å². The van der Waals surface area contributed by atoms with Gasteiger partial charge in [-0.3, -0.25) is 0 Å². The van der Waals surface area contributed by atoms with Crippen molar-refractivity contribution in [3.05, 3.63) is 0 Å². The molecule has 17 heavy (non-hydrogen) atoms. The van der Waals surface area contributed by atoms with Gasteiger partial charge in [-0.2, -0.15) is 13.2 Å². The van der Waals surface area contributed by atoms with Gasteiger partial charge in [-0.25, -0.2) is 4.79 Å². The number of alkyl carbamates (subject to hydrolysis) is 1. The fourth-order valence-electron chi connectivity index (χ4n) is 1.71. The maximum absolute atomic E-state index is 11.8. The summed E-state index contributed by atoms with van der Waals surface area (Å²) in [6, 6.07) is 0. The number of hydrogen-bond acceptors (Lipinski definition) is 3. The van der Waals surface area contributed by atoms with Crippen molar-refractivity contribution in [2.75, 3.05) is 26.2 Å². The minimum absolute atomic E-state index is 0.163. The van der Waals surface area contributed by atoms with Gasteiger partial charge >= 0.3 is 12.3 Å². The third-order valence-electron chi connectivity index (χ3n) is 2.59. The first-order valence-electron chi connectivity index (χ1n) is 5.65. The van der Waals surface area contributed by atoms with Crippen LogP contribution >= 0.6 is 0 Å². The van der Waals surface area contributed by atoms with Crippen LogP contribution in [-0.4, -0.2) is 38.5 Å². The first kappa shape index (κ1) is 14.1. The summed E-state index contributed by atoms with van der Waals surface area (Å²) in [5.41, 5.74) is 0. The number of carbonyl (C=O) groups excluding carboxylic acids is 1. The lowest BCUT2D eigenvalue weighted by Crippen LogP contribution is -2.35. The van der Waals surface area contributed by atoms with Gasteiger partial charge in [0.2, 0.25) is 0 Å². The number of alkyl halides is 3. The first-order valence-corrected chi connectivity index (χ1v) is 5.65. The molecular formula is C10H17F3N2O2. The van der Waals surface area contributed by atoms with E-state index in [4.69, 9.17) is 0 Å². The number of piperidine rings is 1. The van der Waals surface area contributed by atoms with E-state index in [0.717, 1.165) is 25.9 Å². The molecule has 1 amide bonds. The number of ether oxygens (including phenoxy) is 1. The van der Waals surface area contributed by atoms with Crippen LogP contribution in [0.1, 0.15) is 19.3 Å². The Labute approximate surface area is 97.9 Å². The van der Waals surface area contributed by atoms with Crippen molar-refractivity contribution in [3.8, 4) is 0 Å². The van der Waals surface area contributed by atoms with Crippen LogP contribution in [0.2, 0.25) is 0 Å². The molecular weight excluding hydrogens is 237 g/mol. The largest absolute Gasteiger partial charge is 0.450 e. The lowest BCUT2D eigenvalue weighted by atomic mass is 9.97. The van der Waals surface area contributed by atoms with Crippen molar-refractivity contribution >= 4 is 6.09 Å². The highest BCUT2D eigenvalue weighted by Crippen LogP contribution is 2.14. The molecule has 1 aliphatic rings. The predicted molar refractivity (Wildman–Crippen MR) is 55.6 cm³/mol. The third kappa shape index (κ3) is 7.04. The van der Waals surface area contributed by atoms with Crippen molar-refractivity contribution < 1.29 is 22.7 Å². The molecule has 1 saturated heterocycles. The zero-order valence-corrected chi connectivity index (χ0v) is 9.48. The average Bonchev–Trinajstić information content (AvgIpc) is 2.27. The summed E-state index contributed by atoms with van der Waals surface area (Å²) in [5.74, 6) is 0.444. The number of nitrogens with one attached hydrogen (secondary N) is 2. The Balaban J connectivity index is 2.03. The van der Waals surface area contributed by atoms with Gasteiger partial charge in [0.25, 0.3) is 0 Å². The van der Waals surface area contributed by atoms with Gasteiger partial charge in [0.05, 0.1) is 6.61 Å². The number of hydrogen-bond donors (Lipinski definition) is 2. The Kier molecular flexibility index (Phi) is 5.54. The maximum atomic E-state index is 11.8. The Morgan fingerprint density at radius 2 is 2.24 bits per heavy atom. The monoisotopic (exact) mass is 254 g/mol. The fraction of sp³-hybridized carbons (Fsp3) is 0.900. The molecule has 1 fully saturated rings. The molecule has 0 aromatic heterocycles. The molecule has 1 unspecified atom stereocenters. The van der Waals surface area contributed by atoms with Crippen LogP contribution in [0.5, 0.6) is 0 Å². The van der Waals surface area contributed by atoms with Crippen molar-refractivity contribution in [1.29, 1.82) is 0 Å². The van der Waals surface area contributed by atoms with E-state index in [2.05, 4.69) is 10.1 Å². The summed E-state index contributed by atoms with van der Waals surface area (Å²) >= 11 is 0. The molecule has 0 bridgehead atoms. The van der Waals surface area contributed by atoms with Crippen LogP contribution in [0.4, 0.5) is 18.0 Å². The van der Waals surface area contributed by atoms with E-state index in [1.165, 1.54) is 0 Å². The molecule has 100 valence electrons. The Bertz CT molecular complexity index is 240. The molecule has 1 atom stereocenters. The Morgan fingerprint density at radius 1 is 1.47 bits per heavy atom. The second kappa shape index (κ2) is 6.68. The molecule has 4 nitrogen and oxygen atoms in total. The average molecular weight is 254 g/mol. The fourth-order valence-corrected chi connectivity index (χ4v) is 1.71. The van der Waals surface area contributed by atoms with Crippen LogP contribution in [0.3, 0.4) is 0 Å². The second-order valence-corrected chi connectivity index (χ2v) is 4.11. The standard InChI is InChI=1S/C10H17F3N2O2/c11-10(12,13)7-15-9(16)17-5-3-8-2-1-4-14-6-8/h8,14H,1-7H2,(H,15,16). The van der Waals surface area contributed by atoms with Crippen LogP contribution < -0.4 is 10.6 Å². The van der Waals surface area contributed by atoms with Crippen molar-refractivity contribution in [3.63, 3.8) is 0 Å². The van der Waals surface area contributed by atoms with Gasteiger partial charge < -0.3 is 15.4 Å². The Morgan fingerprint density at radius 3 is 2.82 bits per heavy atom. The highest BCUT2D eigenvalue weighted by Gasteiger charge is 2.28. The molecule has 0 aromatic rings. The molecule has 1 rings (SSSR count). The lowest BCUT2D eigenvalue weighted by Gasteiger charge is -2.22. The van der Waals surface area contributed by atoms with Gasteiger partial charge in [0.1, 0.15) is 6.54 Å². The van der Waals surface area contributed by atoms with E-state index in [1.54, 1.807) is 5.32 Å². The lowest BCUT2D eigenvalue weighted by molar-refractivity contribution is -0.123. The van der Waals surface area contributed by atoms with E-state index < -0.39 is 18.8 Å². The molecule has 1 heterocycles. The van der Waals surface area contributed by atoms with Gasteiger partial charge in [0.15, 0.2) is 0 Å². The minimum Gasteiger partial charge on any atom is -0.450 e. The molecule has 0 aromatic carbocycles. The van der Waals surface area contributed by atoms with Crippen LogP contribution in [-0.2, 0) is 4.74 Å². The summed E-state index contributed by atoms with van der Waals surface area (Å²) in [5, 5.41) is 4.87.